The summed E-state index contributed by atoms with van der Waals surface area (Å²) in [5.41, 5.74) is -1.53. The molecule has 7 atom stereocenters. The molecule has 7 rings (SSSR count). The third-order valence-electron chi connectivity index (χ3n) is 10.2. The number of carbonyl (C=O) groups excluding carboxylic acids is 1. The molecule has 7 nitrogen and oxygen atoms in total. The number of benzene rings is 1. The normalized spacial score (nSPS) is 42.4. The van der Waals surface area contributed by atoms with Gasteiger partial charge in [-0.05, 0) is 62.8 Å². The Kier molecular flexibility index (Phi) is 5.80. The average molecular weight is 535 g/mol. The van der Waals surface area contributed by atoms with Gasteiger partial charge in [0.15, 0.2) is 6.61 Å². The van der Waals surface area contributed by atoms with Crippen LogP contribution in [0.5, 0.6) is 0 Å². The molecule has 0 radical (unpaired) electrons. The molecule has 1 aromatic rings. The molecule has 206 valence electrons. The highest BCUT2D eigenvalue weighted by Gasteiger charge is 2.74. The Bertz CT molecular complexity index is 1200. The van der Waals surface area contributed by atoms with E-state index in [4.69, 9.17) is 14.6 Å². The highest BCUT2D eigenvalue weighted by Crippen LogP contribution is 2.70. The predicted octanol–water partition coefficient (Wildman–Crippen LogP) is 5.40. The van der Waals surface area contributed by atoms with E-state index in [9.17, 15) is 23.1 Å². The molecule has 2 N–H and O–H groups in total. The Morgan fingerprint density at radius 2 is 1.97 bits per heavy atom. The van der Waals surface area contributed by atoms with Crippen LogP contribution in [0.1, 0.15) is 64.4 Å². The molecule has 1 aromatic carbocycles. The first-order valence-electron chi connectivity index (χ1n) is 13.3. The van der Waals surface area contributed by atoms with Gasteiger partial charge < -0.3 is 15.3 Å². The van der Waals surface area contributed by atoms with Gasteiger partial charge in [-0.3, -0.25) is 4.79 Å². The summed E-state index contributed by atoms with van der Waals surface area (Å²) < 4.78 is 38.8. The van der Waals surface area contributed by atoms with Crippen LogP contribution in [0.3, 0.4) is 0 Å². The predicted molar refractivity (Wildman–Crippen MR) is 132 cm³/mol. The quantitative estimate of drug-likeness (QED) is 0.307. The van der Waals surface area contributed by atoms with Crippen molar-refractivity contribution >= 4 is 17.3 Å². The van der Waals surface area contributed by atoms with Gasteiger partial charge in [0.05, 0.1) is 17.4 Å². The summed E-state index contributed by atoms with van der Waals surface area (Å²) in [7, 11) is 0. The zero-order valence-corrected chi connectivity index (χ0v) is 21.5. The van der Waals surface area contributed by atoms with Crippen LogP contribution in [-0.2, 0) is 25.6 Å². The first kappa shape index (κ1) is 25.8. The molecule has 10 heteroatoms. The maximum absolute atomic E-state index is 12.9. The molecule has 1 saturated heterocycles. The number of alkyl halides is 3. The summed E-state index contributed by atoms with van der Waals surface area (Å²) in [4.78, 5) is 30.2. The van der Waals surface area contributed by atoms with E-state index in [-0.39, 0.29) is 28.4 Å². The Balaban J connectivity index is 1.16. The smallest absolute Gasteiger partial charge is 0.393 e. The average Bonchev–Trinajstić information content (AvgIpc) is 3.20. The summed E-state index contributed by atoms with van der Waals surface area (Å²) in [6.45, 7) is 4.04. The van der Waals surface area contributed by atoms with Crippen molar-refractivity contribution in [1.29, 1.82) is 0 Å². The maximum Gasteiger partial charge on any atom is 0.416 e. The molecule has 2 spiro atoms. The van der Waals surface area contributed by atoms with Crippen LogP contribution in [0.15, 0.2) is 41.6 Å². The molecular weight excluding hydrogens is 501 g/mol. The minimum absolute atomic E-state index is 0.0460. The van der Waals surface area contributed by atoms with E-state index in [0.717, 1.165) is 49.9 Å². The van der Waals surface area contributed by atoms with Gasteiger partial charge in [0.25, 0.3) is 5.91 Å². The fourth-order valence-corrected chi connectivity index (χ4v) is 8.18. The summed E-state index contributed by atoms with van der Waals surface area (Å²) in [5.74, 6) is -0.204. The number of hydrogen-bond donors (Lipinski definition) is 2. The van der Waals surface area contributed by atoms with Crippen molar-refractivity contribution in [3.8, 4) is 0 Å². The number of halogens is 3. The van der Waals surface area contributed by atoms with Crippen LogP contribution in [0, 0.1) is 22.7 Å². The van der Waals surface area contributed by atoms with E-state index in [2.05, 4.69) is 36.5 Å². The van der Waals surface area contributed by atoms with Crippen molar-refractivity contribution in [2.75, 3.05) is 11.9 Å². The number of nitrogens with one attached hydrogen (secondary N) is 1. The zero-order valence-electron chi connectivity index (χ0n) is 21.5. The second kappa shape index (κ2) is 8.53. The summed E-state index contributed by atoms with van der Waals surface area (Å²) in [6, 6.07) is 4.47. The van der Waals surface area contributed by atoms with E-state index < -0.39 is 41.6 Å². The van der Waals surface area contributed by atoms with E-state index in [1.54, 1.807) is 0 Å². The number of carbonyl (C=O) groups is 1. The van der Waals surface area contributed by atoms with E-state index in [0.29, 0.717) is 12.8 Å². The second-order valence-corrected chi connectivity index (χ2v) is 12.1. The van der Waals surface area contributed by atoms with E-state index in [1.165, 1.54) is 12.1 Å². The molecule has 6 aliphatic rings. The number of oxime groups is 1. The Morgan fingerprint density at radius 1 is 1.16 bits per heavy atom. The summed E-state index contributed by atoms with van der Waals surface area (Å²) >= 11 is 0. The van der Waals surface area contributed by atoms with Crippen molar-refractivity contribution in [2.24, 2.45) is 27.8 Å². The minimum Gasteiger partial charge on any atom is -0.393 e. The number of nitrogens with zero attached hydrogens (tertiary/aromatic N) is 1. The van der Waals surface area contributed by atoms with Crippen LogP contribution >= 0.6 is 0 Å². The molecule has 0 unspecified atom stereocenters. The monoisotopic (exact) mass is 534 g/mol. The molecular formula is C28H33F3N2O5. The number of hydrogen-bond acceptors (Lipinski definition) is 6. The van der Waals surface area contributed by atoms with Gasteiger partial charge in [-0.1, -0.05) is 31.1 Å². The van der Waals surface area contributed by atoms with Gasteiger partial charge in [-0.15, -0.1) is 0 Å². The van der Waals surface area contributed by atoms with Crippen molar-refractivity contribution in [3.05, 3.63) is 42.0 Å². The highest BCUT2D eigenvalue weighted by molar-refractivity contribution is 5.93. The van der Waals surface area contributed by atoms with Crippen LogP contribution < -0.4 is 5.32 Å². The highest BCUT2D eigenvalue weighted by atomic mass is 19.4. The van der Waals surface area contributed by atoms with Gasteiger partial charge in [0.1, 0.15) is 11.2 Å². The number of amides is 1. The zero-order chi connectivity index (χ0) is 27.0. The molecule has 0 aromatic heterocycles. The number of anilines is 1. The maximum atomic E-state index is 12.9. The fraction of sp³-hybridized carbons (Fsp3) is 0.643. The largest absolute Gasteiger partial charge is 0.416 e. The third kappa shape index (κ3) is 3.67. The van der Waals surface area contributed by atoms with E-state index in [1.807, 2.05) is 0 Å². The van der Waals surface area contributed by atoms with Crippen molar-refractivity contribution in [3.63, 3.8) is 0 Å². The Hall–Kier alpha value is -2.43. The number of fused-ring (bicyclic) bond motifs is 2. The van der Waals surface area contributed by atoms with Gasteiger partial charge in [0, 0.05) is 34.8 Å². The standard InChI is InChI=1S/C28H33F3N2O5/c1-24-10-9-21-25(2)11-8-19(34)15-26(25)12-13-27(21,38-37-26)20(24)6-7-22(24)33-36-16-23(35)32-18-5-3-4-17(14-18)28(29,30)31/h3-5,12-14,19-21,34H,6-11,15-16H2,1-2H3,(H,32,35)/b33-22+/t19-,20+,21-,24-,25+,26+,27-/m0/s1. The van der Waals surface area contributed by atoms with Crippen molar-refractivity contribution in [2.45, 2.75) is 82.3 Å². The minimum atomic E-state index is -4.49. The molecule has 2 bridgehead atoms. The van der Waals surface area contributed by atoms with Crippen LogP contribution in [0.4, 0.5) is 18.9 Å². The summed E-state index contributed by atoms with van der Waals surface area (Å²) in [5, 5.41) is 17.2. The van der Waals surface area contributed by atoms with E-state index >= 15 is 0 Å². The lowest BCUT2D eigenvalue weighted by Gasteiger charge is -2.69. The Morgan fingerprint density at radius 3 is 2.71 bits per heavy atom. The van der Waals surface area contributed by atoms with Crippen molar-refractivity contribution < 1.29 is 37.7 Å². The first-order chi connectivity index (χ1) is 17.9. The molecule has 1 amide bonds. The molecule has 3 saturated carbocycles. The molecule has 4 fully saturated rings. The molecule has 2 aliphatic heterocycles. The molecule has 38 heavy (non-hydrogen) atoms. The topological polar surface area (TPSA) is 89.4 Å². The van der Waals surface area contributed by atoms with Crippen LogP contribution in [-0.4, -0.2) is 40.6 Å². The van der Waals surface area contributed by atoms with Gasteiger partial charge in [-0.25, -0.2) is 9.78 Å². The van der Waals surface area contributed by atoms with Crippen molar-refractivity contribution in [1.82, 2.24) is 0 Å². The van der Waals surface area contributed by atoms with Gasteiger partial charge >= 0.3 is 6.18 Å². The Labute approximate surface area is 219 Å². The number of rotatable bonds is 4. The lowest BCUT2D eigenvalue weighted by Crippen LogP contribution is -2.73. The van der Waals surface area contributed by atoms with Gasteiger partial charge in [0.2, 0.25) is 0 Å². The number of aliphatic hydroxyl groups is 1. The number of aliphatic hydroxyl groups excluding tert-OH is 1. The SMILES string of the molecule is C[C@]12CC[C@@H]3[C@]4(C=C[C@]5(C[C@@H](O)CC[C@]35C)OO4)[C@@H]1CC/C2=N\OCC(=O)Nc1cccc(C(F)(F)F)c1. The third-order valence-corrected chi connectivity index (χ3v) is 10.2. The van der Waals surface area contributed by atoms with Crippen LogP contribution in [0.25, 0.3) is 0 Å². The van der Waals surface area contributed by atoms with Gasteiger partial charge in [-0.2, -0.15) is 13.2 Å². The van der Waals surface area contributed by atoms with Crippen LogP contribution in [0.2, 0.25) is 0 Å². The first-order valence-corrected chi connectivity index (χ1v) is 13.3. The fourth-order valence-electron chi connectivity index (χ4n) is 8.18. The molecule has 2 heterocycles. The summed E-state index contributed by atoms with van der Waals surface area (Å²) in [6.07, 6.45) is 4.94. The second-order valence-electron chi connectivity index (χ2n) is 12.1. The lowest BCUT2D eigenvalue weighted by atomic mass is 9.43. The molecule has 4 aliphatic carbocycles. The lowest BCUT2D eigenvalue weighted by molar-refractivity contribution is -0.496.